The van der Waals surface area contributed by atoms with E-state index in [-0.39, 0.29) is 87.0 Å². The van der Waals surface area contributed by atoms with Crippen LogP contribution in [0.2, 0.25) is 0 Å². The van der Waals surface area contributed by atoms with Crippen molar-refractivity contribution in [1.82, 2.24) is 35.0 Å². The molecule has 1 fully saturated rings. The molecule has 0 radical (unpaired) electrons. The van der Waals surface area contributed by atoms with Crippen LogP contribution in [0.3, 0.4) is 0 Å². The first kappa shape index (κ1) is 53.7. The molecule has 4 aliphatic heterocycles. The Morgan fingerprint density at radius 1 is 0.875 bits per heavy atom. The van der Waals surface area contributed by atoms with E-state index in [4.69, 9.17) is 24.0 Å². The Kier molecular flexibility index (Phi) is 14.4. The number of aromatic nitrogens is 2. The minimum atomic E-state index is -2.03. The molecule has 19 nitrogen and oxygen atoms in total. The van der Waals surface area contributed by atoms with Crippen LogP contribution in [0.1, 0.15) is 122 Å². The molecule has 416 valence electrons. The van der Waals surface area contributed by atoms with Crippen molar-refractivity contribution in [3.63, 3.8) is 0 Å². The number of fused-ring (bicyclic) bond motifs is 8. The van der Waals surface area contributed by atoms with Crippen molar-refractivity contribution >= 4 is 52.7 Å². The average Bonchev–Trinajstić information content (AvgIpc) is 2.78. The number of hydrogen-bond donors (Lipinski definition) is 2. The Morgan fingerprint density at radius 3 is 2.27 bits per heavy atom. The zero-order valence-corrected chi connectivity index (χ0v) is 45.1. The molecule has 3 aromatic carbocycles. The quantitative estimate of drug-likeness (QED) is 0.0420. The van der Waals surface area contributed by atoms with E-state index < -0.39 is 52.6 Å². The number of rotatable bonds is 16. The van der Waals surface area contributed by atoms with E-state index in [1.165, 1.54) is 32.7 Å². The fraction of sp³-hybridized carbons (Fsp3) is 0.417. The summed E-state index contributed by atoms with van der Waals surface area (Å²) in [5.41, 5.74) is 4.80. The average molecular weight is 1090 g/mol. The third-order valence-electron chi connectivity index (χ3n) is 16.6. The molecule has 2 aromatic heterocycles. The number of halogens is 1. The van der Waals surface area contributed by atoms with Crippen LogP contribution in [0.5, 0.6) is 0 Å². The zero-order chi connectivity index (χ0) is 56.2. The van der Waals surface area contributed by atoms with Crippen LogP contribution in [0.25, 0.3) is 33.4 Å². The highest BCUT2D eigenvalue weighted by Crippen LogP contribution is 2.48. The van der Waals surface area contributed by atoms with Crippen molar-refractivity contribution in [2.24, 2.45) is 5.41 Å². The van der Waals surface area contributed by atoms with E-state index in [0.29, 0.717) is 97.1 Å². The summed E-state index contributed by atoms with van der Waals surface area (Å²) in [7, 11) is 0. The summed E-state index contributed by atoms with van der Waals surface area (Å²) in [5, 5.41) is 7.99. The third-order valence-corrected chi connectivity index (χ3v) is 16.6. The molecule has 2 N–H and O–H groups in total. The maximum absolute atomic E-state index is 15.8. The largest absolute Gasteiger partial charge is 0.457 e. The number of hydroxylamine groups is 2. The highest BCUT2D eigenvalue weighted by Gasteiger charge is 2.51. The number of carbonyl (C=O) groups is 7. The van der Waals surface area contributed by atoms with Crippen LogP contribution in [-0.4, -0.2) is 112 Å². The van der Waals surface area contributed by atoms with Crippen molar-refractivity contribution in [2.45, 2.75) is 110 Å². The Bertz CT molecular complexity index is 3470. The summed E-state index contributed by atoms with van der Waals surface area (Å²) in [6.45, 7) is 8.15. The van der Waals surface area contributed by atoms with Crippen LogP contribution in [-0.2, 0) is 68.2 Å². The molecule has 0 bridgehead atoms. The van der Waals surface area contributed by atoms with Gasteiger partial charge in [-0.25, -0.2) is 23.8 Å². The van der Waals surface area contributed by atoms with E-state index in [1.54, 1.807) is 38.7 Å². The van der Waals surface area contributed by atoms with Gasteiger partial charge in [0.25, 0.3) is 17.4 Å². The maximum atomic E-state index is 15.8. The van der Waals surface area contributed by atoms with E-state index in [2.05, 4.69) is 22.8 Å². The van der Waals surface area contributed by atoms with Crippen LogP contribution in [0, 0.1) is 18.2 Å². The second-order valence-electron chi connectivity index (χ2n) is 22.2. The number of nitrogens with one attached hydrogen (secondary N) is 2. The Morgan fingerprint density at radius 2 is 1.57 bits per heavy atom. The number of alkyl carbamates (subject to hydrolysis) is 1. The number of imide groups is 1. The Labute approximate surface area is 460 Å². The van der Waals surface area contributed by atoms with Gasteiger partial charge in [-0.1, -0.05) is 75.7 Å². The first-order valence-electron chi connectivity index (χ1n) is 27.4. The normalized spacial score (nSPS) is 19.0. The van der Waals surface area contributed by atoms with Gasteiger partial charge in [0.15, 0.2) is 0 Å². The van der Waals surface area contributed by atoms with Gasteiger partial charge >= 0.3 is 24.1 Å². The summed E-state index contributed by atoms with van der Waals surface area (Å²) in [4.78, 5) is 120. The molecule has 0 unspecified atom stereocenters. The van der Waals surface area contributed by atoms with Gasteiger partial charge in [-0.2, -0.15) is 0 Å². The van der Waals surface area contributed by atoms with E-state index >= 15 is 4.39 Å². The molecular weight excluding hydrogens is 1030 g/mol. The van der Waals surface area contributed by atoms with Gasteiger partial charge < -0.3 is 39.1 Å². The number of hydrogen-bond acceptors (Lipinski definition) is 14. The zero-order valence-electron chi connectivity index (χ0n) is 45.1. The summed E-state index contributed by atoms with van der Waals surface area (Å²) in [6.07, 6.45) is 3.83. The minimum absolute atomic E-state index is 0.0251. The van der Waals surface area contributed by atoms with Gasteiger partial charge in [0, 0.05) is 73.2 Å². The summed E-state index contributed by atoms with van der Waals surface area (Å²) in [5.74, 6) is -2.93. The number of piperazine rings is 1. The Balaban J connectivity index is 0.748. The van der Waals surface area contributed by atoms with Gasteiger partial charge in [0.2, 0.25) is 11.5 Å². The lowest BCUT2D eigenvalue weighted by atomic mass is 9.81. The molecule has 0 saturated carbocycles. The summed E-state index contributed by atoms with van der Waals surface area (Å²) in [6, 6.07) is 18.6. The fourth-order valence-electron chi connectivity index (χ4n) is 12.3. The van der Waals surface area contributed by atoms with Gasteiger partial charge in [-0.3, -0.25) is 28.9 Å². The number of cyclic esters (lactones) is 1. The van der Waals surface area contributed by atoms with Gasteiger partial charge in [0.1, 0.15) is 19.0 Å². The predicted octanol–water partition coefficient (Wildman–Crippen LogP) is 7.29. The van der Waals surface area contributed by atoms with Gasteiger partial charge in [-0.15, -0.1) is 5.06 Å². The third kappa shape index (κ3) is 9.87. The number of unbranched alkanes of at least 4 members (excludes halogenated alkanes) is 2. The molecule has 1 saturated heterocycles. The van der Waals surface area contributed by atoms with Gasteiger partial charge in [-0.05, 0) is 89.5 Å². The number of carbonyl (C=O) groups excluding carboxylic acids is 7. The number of benzene rings is 3. The summed E-state index contributed by atoms with van der Waals surface area (Å²) < 4.78 is 35.1. The molecule has 6 heterocycles. The Hall–Kier alpha value is -8.26. The highest BCUT2D eigenvalue weighted by molar-refractivity contribution is 6.12. The monoisotopic (exact) mass is 1090 g/mol. The lowest BCUT2D eigenvalue weighted by Crippen LogP contribution is -2.50. The number of pyridine rings is 2. The van der Waals surface area contributed by atoms with Crippen LogP contribution in [0.15, 0.2) is 77.6 Å². The molecule has 5 aromatic rings. The van der Waals surface area contributed by atoms with Crippen LogP contribution < -0.4 is 16.2 Å². The lowest BCUT2D eigenvalue weighted by molar-refractivity contribution is -0.190. The smallest absolute Gasteiger partial charge is 0.426 e. The fourth-order valence-corrected chi connectivity index (χ4v) is 12.3. The highest BCUT2D eigenvalue weighted by atomic mass is 19.1. The van der Waals surface area contributed by atoms with Crippen LogP contribution >= 0.6 is 0 Å². The SMILES string of the molecule is CC[C@@]1(OC(=O)CC(C)(C)CNC(=O)ON2CCN(C(=O)CCCCCN3C(=O)C=CC3=O)CC2)C(=O)OCc2c1cc1n(c2=O)Cc2c-1nc1cc(F)c(C)c3c1c2[C@@H](NC(=O)OCC1c2ccccc2-c2ccccc21)CC3. The number of nitrogens with zero attached hydrogens (tertiary/aromatic N) is 5. The molecule has 6 aliphatic rings. The molecule has 20 heteroatoms. The number of amides is 5. The topological polar surface area (TPSA) is 225 Å². The second kappa shape index (κ2) is 21.4. The van der Waals surface area contributed by atoms with Gasteiger partial charge in [0.05, 0.1) is 54.6 Å². The second-order valence-corrected chi connectivity index (χ2v) is 22.2. The standard InChI is InChI=1S/C60H62FN7O12/c1-5-60(79-51(72)29-59(3,4)33-62-57(75)80-66-25-23-65(24-26-66)48(69)17-7-6-12-22-67-49(70)20-21-50(67)71)43-27-47-54-40(30-68(47)55(73)42(43)32-77-56(60)74)53-45(19-18-35-34(2)44(61)28-46(63-54)52(35)53)64-58(76)78-31-41-38-15-10-8-13-36(38)37-14-9-11-16-39(37)41/h8-11,13-16,20-21,27-28,41,45H,5-7,12,17-19,22-26,29-33H2,1-4H3,(H,62,75)(H,64,76)/t45-,60-/m0/s1. The molecule has 0 spiro atoms. The molecule has 2 aliphatic carbocycles. The van der Waals surface area contributed by atoms with Crippen LogP contribution in [0.4, 0.5) is 14.0 Å². The lowest BCUT2D eigenvalue weighted by Gasteiger charge is -2.36. The first-order valence-corrected chi connectivity index (χ1v) is 27.4. The van der Waals surface area contributed by atoms with Crippen molar-refractivity contribution in [3.05, 3.63) is 133 Å². The van der Waals surface area contributed by atoms with Crippen molar-refractivity contribution in [1.29, 1.82) is 0 Å². The van der Waals surface area contributed by atoms with E-state index in [1.807, 2.05) is 36.4 Å². The number of aryl methyl sites for hydroxylation is 1. The van der Waals surface area contributed by atoms with E-state index in [9.17, 15) is 38.4 Å². The number of esters is 2. The number of ether oxygens (including phenoxy) is 3. The van der Waals surface area contributed by atoms with E-state index in [0.717, 1.165) is 27.8 Å². The maximum Gasteiger partial charge on any atom is 0.426 e. The minimum Gasteiger partial charge on any atom is -0.457 e. The predicted molar refractivity (Wildman–Crippen MR) is 288 cm³/mol. The summed E-state index contributed by atoms with van der Waals surface area (Å²) >= 11 is 0. The molecule has 11 rings (SSSR count). The molecule has 2 atom stereocenters. The molecular formula is C60H62FN7O12. The molecule has 5 amide bonds. The van der Waals surface area contributed by atoms with Crippen molar-refractivity contribution in [3.8, 4) is 22.5 Å². The first-order chi connectivity index (χ1) is 38.4. The molecule has 80 heavy (non-hydrogen) atoms. The van der Waals surface area contributed by atoms with Crippen molar-refractivity contribution in [2.75, 3.05) is 45.9 Å². The van der Waals surface area contributed by atoms with Crippen molar-refractivity contribution < 1.29 is 57.0 Å².